The lowest BCUT2D eigenvalue weighted by Gasteiger charge is -2.14. The van der Waals surface area contributed by atoms with Crippen LogP contribution in [0.25, 0.3) is 0 Å². The van der Waals surface area contributed by atoms with Crippen LogP contribution in [0.2, 0.25) is 0 Å². The molecule has 1 aromatic rings. The zero-order valence-electron chi connectivity index (χ0n) is 13.3. The predicted molar refractivity (Wildman–Crippen MR) is 84.6 cm³/mol. The van der Waals surface area contributed by atoms with Gasteiger partial charge in [0.2, 0.25) is 5.91 Å². The molecule has 1 aromatic heterocycles. The first-order chi connectivity index (χ1) is 10.7. The van der Waals surface area contributed by atoms with Gasteiger partial charge in [-0.1, -0.05) is 25.7 Å². The van der Waals surface area contributed by atoms with E-state index < -0.39 is 0 Å². The average molecular weight is 306 g/mol. The monoisotopic (exact) mass is 306 g/mol. The predicted octanol–water partition coefficient (Wildman–Crippen LogP) is 2.79. The summed E-state index contributed by atoms with van der Waals surface area (Å²) in [7, 11) is 0. The highest BCUT2D eigenvalue weighted by Gasteiger charge is 2.19. The Kier molecular flexibility index (Phi) is 6.49. The molecule has 2 N–H and O–H groups in total. The molecule has 2 rings (SSSR count). The van der Waals surface area contributed by atoms with Crippen molar-refractivity contribution in [2.45, 2.75) is 51.9 Å². The van der Waals surface area contributed by atoms with Crippen molar-refractivity contribution >= 4 is 11.8 Å². The van der Waals surface area contributed by atoms with E-state index in [0.717, 1.165) is 37.7 Å². The van der Waals surface area contributed by atoms with Crippen LogP contribution < -0.4 is 10.6 Å². The summed E-state index contributed by atoms with van der Waals surface area (Å²) >= 11 is 0. The van der Waals surface area contributed by atoms with Gasteiger partial charge in [0.25, 0.3) is 5.91 Å². The average Bonchev–Trinajstić information content (AvgIpc) is 2.77. The molecule has 0 bridgehead atoms. The van der Waals surface area contributed by atoms with Gasteiger partial charge in [0.15, 0.2) is 5.76 Å². The third kappa shape index (κ3) is 4.90. The van der Waals surface area contributed by atoms with Crippen LogP contribution in [0.1, 0.15) is 61.1 Å². The summed E-state index contributed by atoms with van der Waals surface area (Å²) in [6.07, 6.45) is 9.10. The van der Waals surface area contributed by atoms with Crippen molar-refractivity contribution < 1.29 is 14.0 Å². The molecule has 5 heteroatoms. The fraction of sp³-hybridized carbons (Fsp3) is 0.647. The second-order valence-electron chi connectivity index (χ2n) is 6.02. The van der Waals surface area contributed by atoms with Crippen molar-refractivity contribution in [2.75, 3.05) is 13.1 Å². The van der Waals surface area contributed by atoms with E-state index in [4.69, 9.17) is 4.42 Å². The number of nitrogens with one attached hydrogen (secondary N) is 2. The van der Waals surface area contributed by atoms with Crippen LogP contribution in [0.5, 0.6) is 0 Å². The summed E-state index contributed by atoms with van der Waals surface area (Å²) < 4.78 is 5.13. The van der Waals surface area contributed by atoms with Gasteiger partial charge < -0.3 is 15.1 Å². The minimum absolute atomic E-state index is 0.176. The SMILES string of the molecule is Cc1ccoc1C(=O)NCCCNC(=O)C1CCCCCC1. The van der Waals surface area contributed by atoms with Crippen LogP contribution in [0.15, 0.2) is 16.7 Å². The van der Waals surface area contributed by atoms with E-state index in [-0.39, 0.29) is 17.7 Å². The van der Waals surface area contributed by atoms with Gasteiger partial charge in [0.05, 0.1) is 6.26 Å². The molecule has 0 atom stereocenters. The Morgan fingerprint density at radius 2 is 1.82 bits per heavy atom. The number of hydrogen-bond donors (Lipinski definition) is 2. The maximum atomic E-state index is 12.1. The first-order valence-corrected chi connectivity index (χ1v) is 8.28. The summed E-state index contributed by atoms with van der Waals surface area (Å²) in [6, 6.07) is 1.77. The number of rotatable bonds is 6. The van der Waals surface area contributed by atoms with Gasteiger partial charge in [0.1, 0.15) is 0 Å². The van der Waals surface area contributed by atoms with Gasteiger partial charge >= 0.3 is 0 Å². The number of amides is 2. The van der Waals surface area contributed by atoms with Crippen LogP contribution >= 0.6 is 0 Å². The molecule has 2 amide bonds. The molecule has 1 fully saturated rings. The fourth-order valence-electron chi connectivity index (χ4n) is 2.87. The van der Waals surface area contributed by atoms with Gasteiger partial charge in [-0.3, -0.25) is 9.59 Å². The highest BCUT2D eigenvalue weighted by molar-refractivity contribution is 5.92. The lowest BCUT2D eigenvalue weighted by Crippen LogP contribution is -2.33. The third-order valence-electron chi connectivity index (χ3n) is 4.23. The molecule has 5 nitrogen and oxygen atoms in total. The van der Waals surface area contributed by atoms with Crippen molar-refractivity contribution in [1.82, 2.24) is 10.6 Å². The minimum Gasteiger partial charge on any atom is -0.459 e. The van der Waals surface area contributed by atoms with E-state index in [1.165, 1.54) is 19.1 Å². The fourth-order valence-corrected chi connectivity index (χ4v) is 2.87. The van der Waals surface area contributed by atoms with Crippen LogP contribution in [-0.4, -0.2) is 24.9 Å². The highest BCUT2D eigenvalue weighted by Crippen LogP contribution is 2.22. The van der Waals surface area contributed by atoms with E-state index in [1.54, 1.807) is 6.07 Å². The van der Waals surface area contributed by atoms with Gasteiger partial charge in [-0.25, -0.2) is 0 Å². The maximum absolute atomic E-state index is 12.1. The van der Waals surface area contributed by atoms with Crippen LogP contribution in [-0.2, 0) is 4.79 Å². The first kappa shape index (κ1) is 16.6. The Morgan fingerprint density at radius 1 is 1.14 bits per heavy atom. The third-order valence-corrected chi connectivity index (χ3v) is 4.23. The van der Waals surface area contributed by atoms with E-state index in [0.29, 0.717) is 18.8 Å². The minimum atomic E-state index is -0.197. The van der Waals surface area contributed by atoms with Gasteiger partial charge in [0, 0.05) is 24.6 Å². The van der Waals surface area contributed by atoms with Gasteiger partial charge in [-0.2, -0.15) is 0 Å². The van der Waals surface area contributed by atoms with Crippen molar-refractivity contribution in [3.8, 4) is 0 Å². The lowest BCUT2D eigenvalue weighted by atomic mass is 9.99. The summed E-state index contributed by atoms with van der Waals surface area (Å²) in [6.45, 7) is 2.97. The molecule has 0 radical (unpaired) electrons. The second kappa shape index (κ2) is 8.61. The molecule has 0 aliphatic heterocycles. The molecule has 122 valence electrons. The van der Waals surface area contributed by atoms with Crippen molar-refractivity contribution in [3.63, 3.8) is 0 Å². The highest BCUT2D eigenvalue weighted by atomic mass is 16.3. The summed E-state index contributed by atoms with van der Waals surface area (Å²) in [5.74, 6) is 0.526. The first-order valence-electron chi connectivity index (χ1n) is 8.28. The second-order valence-corrected chi connectivity index (χ2v) is 6.02. The number of hydrogen-bond acceptors (Lipinski definition) is 3. The Bertz CT molecular complexity index is 488. The molecule has 22 heavy (non-hydrogen) atoms. The summed E-state index contributed by atoms with van der Waals surface area (Å²) in [4.78, 5) is 23.9. The molecule has 1 heterocycles. The van der Waals surface area contributed by atoms with Gasteiger partial charge in [-0.05, 0) is 32.3 Å². The summed E-state index contributed by atoms with van der Waals surface area (Å²) in [5, 5.41) is 5.79. The van der Waals surface area contributed by atoms with Gasteiger partial charge in [-0.15, -0.1) is 0 Å². The van der Waals surface area contributed by atoms with E-state index in [9.17, 15) is 9.59 Å². The zero-order valence-corrected chi connectivity index (χ0v) is 13.3. The topological polar surface area (TPSA) is 71.3 Å². The quantitative estimate of drug-likeness (QED) is 0.627. The normalized spacial score (nSPS) is 16.0. The molecule has 0 spiro atoms. The van der Waals surface area contributed by atoms with Crippen molar-refractivity contribution in [2.24, 2.45) is 5.92 Å². The van der Waals surface area contributed by atoms with Crippen molar-refractivity contribution in [3.05, 3.63) is 23.7 Å². The van der Waals surface area contributed by atoms with Crippen LogP contribution in [0, 0.1) is 12.8 Å². The van der Waals surface area contributed by atoms with E-state index >= 15 is 0 Å². The number of aryl methyl sites for hydroxylation is 1. The molecule has 0 unspecified atom stereocenters. The Balaban J connectivity index is 1.60. The largest absolute Gasteiger partial charge is 0.459 e. The Morgan fingerprint density at radius 3 is 2.45 bits per heavy atom. The van der Waals surface area contributed by atoms with Crippen LogP contribution in [0.4, 0.5) is 0 Å². The summed E-state index contributed by atoms with van der Waals surface area (Å²) in [5.41, 5.74) is 0.833. The standard InChI is InChI=1S/C17H26N2O3/c1-13-9-12-22-15(13)17(21)19-11-6-10-18-16(20)14-7-4-2-3-5-8-14/h9,12,14H,2-8,10-11H2,1H3,(H,18,20)(H,19,21). The molecular weight excluding hydrogens is 280 g/mol. The number of carbonyl (C=O) groups is 2. The molecule has 0 aromatic carbocycles. The van der Waals surface area contributed by atoms with E-state index in [1.807, 2.05) is 6.92 Å². The molecule has 1 aliphatic carbocycles. The Hall–Kier alpha value is -1.78. The molecule has 0 saturated heterocycles. The molecule has 1 aliphatic rings. The maximum Gasteiger partial charge on any atom is 0.287 e. The molecule has 1 saturated carbocycles. The zero-order chi connectivity index (χ0) is 15.8. The number of furan rings is 1. The number of carbonyl (C=O) groups excluding carboxylic acids is 2. The smallest absolute Gasteiger partial charge is 0.287 e. The Labute approximate surface area is 131 Å². The van der Waals surface area contributed by atoms with E-state index in [2.05, 4.69) is 10.6 Å². The van der Waals surface area contributed by atoms with Crippen molar-refractivity contribution in [1.29, 1.82) is 0 Å². The van der Waals surface area contributed by atoms with Crippen LogP contribution in [0.3, 0.4) is 0 Å². The molecular formula is C17H26N2O3. The lowest BCUT2D eigenvalue weighted by molar-refractivity contribution is -0.125.